The Morgan fingerprint density at radius 1 is 1.53 bits per heavy atom. The highest BCUT2D eigenvalue weighted by atomic mass is 35.5. The molecule has 1 amide bonds. The van der Waals surface area contributed by atoms with E-state index in [2.05, 4.69) is 5.32 Å². The first-order valence-corrected chi connectivity index (χ1v) is 4.65. The first kappa shape index (κ1) is 11.3. The van der Waals surface area contributed by atoms with E-state index in [1.807, 2.05) is 6.07 Å². The Balaban J connectivity index is 3.00. The van der Waals surface area contributed by atoms with Gasteiger partial charge in [0.15, 0.2) is 0 Å². The molecule has 0 aliphatic carbocycles. The predicted molar refractivity (Wildman–Crippen MR) is 58.9 cm³/mol. The van der Waals surface area contributed by atoms with Gasteiger partial charge in [-0.2, -0.15) is 5.26 Å². The quantitative estimate of drug-likeness (QED) is 0.778. The molecule has 0 heterocycles. The van der Waals surface area contributed by atoms with E-state index < -0.39 is 0 Å². The number of carbonyl (C=O) groups excluding carboxylic acids is 1. The zero-order valence-electron chi connectivity index (χ0n) is 8.12. The van der Waals surface area contributed by atoms with Gasteiger partial charge in [-0.3, -0.25) is 4.79 Å². The molecule has 0 radical (unpaired) electrons. The number of benzene rings is 1. The minimum Gasteiger partial charge on any atom is -0.318 e. The number of nitriles is 1. The molecule has 0 atom stereocenters. The topological polar surface area (TPSA) is 52.9 Å². The predicted octanol–water partition coefficient (Wildman–Crippen LogP) is 2.34. The summed E-state index contributed by atoms with van der Waals surface area (Å²) in [5.74, 6) is -0.283. The smallest absolute Gasteiger partial charge is 0.221 e. The van der Waals surface area contributed by atoms with E-state index in [4.69, 9.17) is 16.9 Å². The zero-order chi connectivity index (χ0) is 11.3. The Kier molecular flexibility index (Phi) is 3.90. The highest BCUT2D eigenvalue weighted by molar-refractivity contribution is 6.32. The van der Waals surface area contributed by atoms with Crippen molar-refractivity contribution in [1.82, 2.24) is 5.32 Å². The van der Waals surface area contributed by atoms with Crippen LogP contribution in [0.5, 0.6) is 0 Å². The lowest BCUT2D eigenvalue weighted by Crippen LogP contribution is -2.17. The molecule has 0 saturated heterocycles. The lowest BCUT2D eigenvalue weighted by atomic mass is 10.2. The number of nitrogens with one attached hydrogen (secondary N) is 1. The van der Waals surface area contributed by atoms with Crippen LogP contribution in [0.25, 0.3) is 6.08 Å². The molecule has 1 aromatic rings. The maximum atomic E-state index is 10.8. The highest BCUT2D eigenvalue weighted by Crippen LogP contribution is 2.17. The number of rotatable bonds is 2. The number of carbonyl (C=O) groups is 1. The first-order chi connectivity index (χ1) is 7.13. The summed E-state index contributed by atoms with van der Waals surface area (Å²) < 4.78 is 0. The van der Waals surface area contributed by atoms with Crippen LogP contribution in [0.3, 0.4) is 0 Å². The minimum atomic E-state index is -0.283. The Morgan fingerprint density at radius 2 is 2.20 bits per heavy atom. The van der Waals surface area contributed by atoms with Crippen molar-refractivity contribution in [2.75, 3.05) is 0 Å². The molecule has 3 nitrogen and oxygen atoms in total. The van der Waals surface area contributed by atoms with Crippen molar-refractivity contribution in [3.8, 4) is 6.07 Å². The fourth-order valence-electron chi connectivity index (χ4n) is 1.03. The van der Waals surface area contributed by atoms with E-state index in [1.54, 1.807) is 24.3 Å². The average Bonchev–Trinajstić information content (AvgIpc) is 2.19. The summed E-state index contributed by atoms with van der Waals surface area (Å²) in [5, 5.41) is 11.7. The highest BCUT2D eigenvalue weighted by Gasteiger charge is 2.00. The molecule has 0 saturated carbocycles. The number of hydrogen-bond acceptors (Lipinski definition) is 2. The number of hydrogen-bond donors (Lipinski definition) is 1. The van der Waals surface area contributed by atoms with Gasteiger partial charge in [0.25, 0.3) is 0 Å². The van der Waals surface area contributed by atoms with Crippen LogP contribution >= 0.6 is 11.6 Å². The van der Waals surface area contributed by atoms with Crippen molar-refractivity contribution in [2.45, 2.75) is 6.92 Å². The summed E-state index contributed by atoms with van der Waals surface area (Å²) in [6, 6.07) is 8.97. The molecule has 4 heteroatoms. The Hall–Kier alpha value is -1.79. The van der Waals surface area contributed by atoms with Gasteiger partial charge in [0.1, 0.15) is 11.8 Å². The SMILES string of the molecule is CC(=O)N/C(C#N)=C/c1ccccc1Cl. The summed E-state index contributed by atoms with van der Waals surface area (Å²) in [7, 11) is 0. The fraction of sp³-hybridized carbons (Fsp3) is 0.0909. The summed E-state index contributed by atoms with van der Waals surface area (Å²) >= 11 is 5.90. The Morgan fingerprint density at radius 3 is 2.73 bits per heavy atom. The number of halogens is 1. The second-order valence-corrected chi connectivity index (χ2v) is 3.28. The second kappa shape index (κ2) is 5.18. The fourth-order valence-corrected chi connectivity index (χ4v) is 1.22. The molecule has 0 unspecified atom stereocenters. The van der Waals surface area contributed by atoms with Crippen LogP contribution in [0.15, 0.2) is 30.0 Å². The zero-order valence-corrected chi connectivity index (χ0v) is 8.88. The van der Waals surface area contributed by atoms with Crippen molar-refractivity contribution in [3.05, 3.63) is 40.5 Å². The van der Waals surface area contributed by atoms with Crippen molar-refractivity contribution in [1.29, 1.82) is 5.26 Å². The lowest BCUT2D eigenvalue weighted by molar-refractivity contribution is -0.118. The third-order valence-electron chi connectivity index (χ3n) is 1.64. The van der Waals surface area contributed by atoms with Crippen LogP contribution in [-0.4, -0.2) is 5.91 Å². The maximum absolute atomic E-state index is 10.8. The first-order valence-electron chi connectivity index (χ1n) is 4.27. The van der Waals surface area contributed by atoms with Crippen LogP contribution in [0, 0.1) is 11.3 Å². The van der Waals surface area contributed by atoms with Gasteiger partial charge in [-0.15, -0.1) is 0 Å². The molecular weight excluding hydrogens is 212 g/mol. The van der Waals surface area contributed by atoms with E-state index in [-0.39, 0.29) is 11.6 Å². The molecule has 0 aliphatic rings. The molecule has 1 rings (SSSR count). The normalized spacial score (nSPS) is 10.6. The van der Waals surface area contributed by atoms with Crippen molar-refractivity contribution in [3.63, 3.8) is 0 Å². The molecule has 15 heavy (non-hydrogen) atoms. The van der Waals surface area contributed by atoms with Gasteiger partial charge in [0, 0.05) is 11.9 Å². The molecule has 1 aromatic carbocycles. The molecular formula is C11H9ClN2O. The molecule has 76 valence electrons. The summed E-state index contributed by atoms with van der Waals surface area (Å²) in [6.07, 6.45) is 1.53. The van der Waals surface area contributed by atoms with Crippen LogP contribution in [-0.2, 0) is 4.79 Å². The standard InChI is InChI=1S/C11H9ClN2O/c1-8(15)14-10(7-13)6-9-4-2-3-5-11(9)12/h2-6H,1H3,(H,14,15)/b10-6+. The second-order valence-electron chi connectivity index (χ2n) is 2.87. The van der Waals surface area contributed by atoms with Crippen LogP contribution in [0.2, 0.25) is 5.02 Å². The van der Waals surface area contributed by atoms with Gasteiger partial charge in [-0.05, 0) is 17.7 Å². The number of nitrogens with zero attached hydrogens (tertiary/aromatic N) is 1. The van der Waals surface area contributed by atoms with Crippen molar-refractivity contribution in [2.24, 2.45) is 0 Å². The largest absolute Gasteiger partial charge is 0.318 e. The van der Waals surface area contributed by atoms with Gasteiger partial charge in [-0.25, -0.2) is 0 Å². The van der Waals surface area contributed by atoms with E-state index in [0.717, 1.165) is 0 Å². The number of amides is 1. The Labute approximate surface area is 93.0 Å². The maximum Gasteiger partial charge on any atom is 0.221 e. The molecule has 1 N–H and O–H groups in total. The van der Waals surface area contributed by atoms with Crippen molar-refractivity contribution >= 4 is 23.6 Å². The van der Waals surface area contributed by atoms with E-state index in [1.165, 1.54) is 13.0 Å². The molecule has 0 aliphatic heterocycles. The number of allylic oxidation sites excluding steroid dienone is 1. The van der Waals surface area contributed by atoms with Crippen LogP contribution in [0.4, 0.5) is 0 Å². The molecule has 0 bridgehead atoms. The van der Waals surface area contributed by atoms with Crippen molar-refractivity contribution < 1.29 is 4.79 Å². The third-order valence-corrected chi connectivity index (χ3v) is 1.98. The van der Waals surface area contributed by atoms with E-state index in [0.29, 0.717) is 10.6 Å². The average molecular weight is 221 g/mol. The van der Waals surface area contributed by atoms with Crippen LogP contribution < -0.4 is 5.32 Å². The Bertz CT molecular complexity index is 446. The van der Waals surface area contributed by atoms with Gasteiger partial charge in [-0.1, -0.05) is 29.8 Å². The van der Waals surface area contributed by atoms with Gasteiger partial charge in [0.05, 0.1) is 0 Å². The van der Waals surface area contributed by atoms with E-state index in [9.17, 15) is 4.79 Å². The van der Waals surface area contributed by atoms with Gasteiger partial charge in [0.2, 0.25) is 5.91 Å². The van der Waals surface area contributed by atoms with Gasteiger partial charge < -0.3 is 5.32 Å². The summed E-state index contributed by atoms with van der Waals surface area (Å²) in [5.41, 5.74) is 0.875. The molecule has 0 fully saturated rings. The lowest BCUT2D eigenvalue weighted by Gasteiger charge is -2.00. The monoisotopic (exact) mass is 220 g/mol. The molecule has 0 spiro atoms. The molecule has 0 aromatic heterocycles. The van der Waals surface area contributed by atoms with E-state index >= 15 is 0 Å². The minimum absolute atomic E-state index is 0.176. The van der Waals surface area contributed by atoms with Crippen LogP contribution in [0.1, 0.15) is 12.5 Å². The summed E-state index contributed by atoms with van der Waals surface area (Å²) in [4.78, 5) is 10.8. The van der Waals surface area contributed by atoms with Gasteiger partial charge >= 0.3 is 0 Å². The third kappa shape index (κ3) is 3.45. The summed E-state index contributed by atoms with van der Waals surface area (Å²) in [6.45, 7) is 1.35.